The van der Waals surface area contributed by atoms with Crippen molar-refractivity contribution in [1.29, 1.82) is 0 Å². The zero-order chi connectivity index (χ0) is 21.0. The third kappa shape index (κ3) is 3.03. The number of fused-ring (bicyclic) bond motifs is 1. The third-order valence-corrected chi connectivity index (χ3v) is 6.92. The smallest absolute Gasteiger partial charge is 0.295 e. The molecule has 2 aromatic rings. The number of amides is 1. The van der Waals surface area contributed by atoms with E-state index in [4.69, 9.17) is 4.74 Å². The van der Waals surface area contributed by atoms with Crippen molar-refractivity contribution in [2.45, 2.75) is 43.2 Å². The van der Waals surface area contributed by atoms with Crippen LogP contribution in [0.3, 0.4) is 0 Å². The van der Waals surface area contributed by atoms with Gasteiger partial charge in [0.05, 0.1) is 17.5 Å². The van der Waals surface area contributed by atoms with Crippen molar-refractivity contribution in [3.8, 4) is 5.75 Å². The summed E-state index contributed by atoms with van der Waals surface area (Å²) in [5, 5.41) is 10.1. The van der Waals surface area contributed by atoms with Gasteiger partial charge in [0, 0.05) is 10.5 Å². The van der Waals surface area contributed by atoms with Gasteiger partial charge in [0.15, 0.2) is 11.5 Å². The summed E-state index contributed by atoms with van der Waals surface area (Å²) in [6.07, 6.45) is 2.05. The second-order valence-corrected chi connectivity index (χ2v) is 9.38. The molecule has 1 aromatic carbocycles. The number of anilines is 1. The number of hydrogen-bond acceptors (Lipinski definition) is 5. The highest BCUT2D eigenvalue weighted by Gasteiger charge is 2.53. The molecular formula is C23H21BrN2O4. The number of carbonyl (C=O) groups is 2. The van der Waals surface area contributed by atoms with Crippen LogP contribution in [-0.2, 0) is 14.3 Å². The highest BCUT2D eigenvalue weighted by atomic mass is 79.9. The van der Waals surface area contributed by atoms with Gasteiger partial charge in [-0.2, -0.15) is 0 Å². The molecule has 6 nitrogen and oxygen atoms in total. The van der Waals surface area contributed by atoms with Gasteiger partial charge in [-0.15, -0.1) is 0 Å². The number of aryl methyl sites for hydroxylation is 1. The zero-order valence-corrected chi connectivity index (χ0v) is 18.0. The largest absolute Gasteiger partial charge is 0.508 e. The molecule has 1 aliphatic carbocycles. The number of Topliss-reactive ketones (excluding diaryl/α,β-unsaturated/α-hetero) is 1. The number of carbonyl (C=O) groups excluding carboxylic acids is 2. The van der Waals surface area contributed by atoms with Crippen LogP contribution in [0.4, 0.5) is 5.82 Å². The van der Waals surface area contributed by atoms with E-state index in [0.29, 0.717) is 23.4 Å². The molecule has 1 saturated carbocycles. The predicted octanol–water partition coefficient (Wildman–Crippen LogP) is 3.97. The quantitative estimate of drug-likeness (QED) is 0.674. The van der Waals surface area contributed by atoms with Gasteiger partial charge >= 0.3 is 0 Å². The standard InChI is InChI=1S/C23H21BrN2O4/c1-12-4-2-7-18(25-12)26-20(13-5-3-6-15(27)10-13)19-21(28)16-11-14(24)8-9-17(16)30-22(19)23(26)29/h2-7,10,14,16-17,20,27H,8-9,11H2,1H3. The van der Waals surface area contributed by atoms with Crippen LogP contribution in [-0.4, -0.2) is 32.7 Å². The van der Waals surface area contributed by atoms with Gasteiger partial charge in [-0.3, -0.25) is 14.5 Å². The van der Waals surface area contributed by atoms with Crippen LogP contribution < -0.4 is 4.90 Å². The predicted molar refractivity (Wildman–Crippen MR) is 114 cm³/mol. The summed E-state index contributed by atoms with van der Waals surface area (Å²) in [4.78, 5) is 33.4. The lowest BCUT2D eigenvalue weighted by Gasteiger charge is -2.37. The maximum absolute atomic E-state index is 13.6. The number of benzene rings is 1. The lowest BCUT2D eigenvalue weighted by molar-refractivity contribution is -0.131. The van der Waals surface area contributed by atoms with Crippen LogP contribution in [0.5, 0.6) is 5.75 Å². The molecule has 3 heterocycles. The monoisotopic (exact) mass is 468 g/mol. The van der Waals surface area contributed by atoms with E-state index in [0.717, 1.165) is 18.5 Å². The Kier molecular flexibility index (Phi) is 4.65. The lowest BCUT2D eigenvalue weighted by Crippen LogP contribution is -2.41. The van der Waals surface area contributed by atoms with Crippen LogP contribution in [0.25, 0.3) is 0 Å². The Morgan fingerprint density at radius 1 is 1.17 bits per heavy atom. The van der Waals surface area contributed by atoms with E-state index in [1.54, 1.807) is 24.3 Å². The molecule has 5 rings (SSSR count). The van der Waals surface area contributed by atoms with E-state index in [1.807, 2.05) is 25.1 Å². The summed E-state index contributed by atoms with van der Waals surface area (Å²) in [7, 11) is 0. The molecule has 1 fully saturated rings. The van der Waals surface area contributed by atoms with Gasteiger partial charge in [-0.25, -0.2) is 4.98 Å². The van der Waals surface area contributed by atoms with Crippen molar-refractivity contribution in [2.24, 2.45) is 5.92 Å². The first kappa shape index (κ1) is 19.3. The molecule has 1 aromatic heterocycles. The SMILES string of the molecule is Cc1cccc(N2C(=O)C3=C(C(=O)C4CC(Br)CCC4O3)C2c2cccc(O)c2)n1. The summed E-state index contributed by atoms with van der Waals surface area (Å²) in [6, 6.07) is 11.4. The molecule has 4 atom stereocenters. The second kappa shape index (κ2) is 7.23. The maximum Gasteiger partial charge on any atom is 0.295 e. The molecule has 0 bridgehead atoms. The highest BCUT2D eigenvalue weighted by molar-refractivity contribution is 9.09. The first-order valence-electron chi connectivity index (χ1n) is 10.1. The van der Waals surface area contributed by atoms with E-state index < -0.39 is 6.04 Å². The van der Waals surface area contributed by atoms with Crippen molar-refractivity contribution in [2.75, 3.05) is 4.90 Å². The number of nitrogens with zero attached hydrogens (tertiary/aromatic N) is 2. The van der Waals surface area contributed by atoms with Crippen LogP contribution in [0, 0.1) is 12.8 Å². The Morgan fingerprint density at radius 3 is 2.73 bits per heavy atom. The van der Waals surface area contributed by atoms with Crippen LogP contribution in [0.15, 0.2) is 53.8 Å². The lowest BCUT2D eigenvalue weighted by atomic mass is 9.77. The summed E-state index contributed by atoms with van der Waals surface area (Å²) in [5.74, 6) is -0.0100. The topological polar surface area (TPSA) is 79.7 Å². The summed E-state index contributed by atoms with van der Waals surface area (Å²) < 4.78 is 6.17. The maximum atomic E-state index is 13.6. The van der Waals surface area contributed by atoms with Gasteiger partial charge in [0.2, 0.25) is 0 Å². The van der Waals surface area contributed by atoms with Crippen molar-refractivity contribution >= 4 is 33.4 Å². The molecular weight excluding hydrogens is 448 g/mol. The molecule has 1 amide bonds. The van der Waals surface area contributed by atoms with Gasteiger partial charge in [0.25, 0.3) is 5.91 Å². The van der Waals surface area contributed by atoms with Gasteiger partial charge in [0.1, 0.15) is 17.7 Å². The minimum atomic E-state index is -0.682. The fourth-order valence-corrected chi connectivity index (χ4v) is 5.39. The molecule has 4 unspecified atom stereocenters. The first-order valence-corrected chi connectivity index (χ1v) is 11.0. The van der Waals surface area contributed by atoms with Crippen LogP contribution in [0.1, 0.15) is 36.6 Å². The van der Waals surface area contributed by atoms with Gasteiger partial charge < -0.3 is 9.84 Å². The number of ketones is 1. The highest BCUT2D eigenvalue weighted by Crippen LogP contribution is 2.48. The number of alkyl halides is 1. The number of ether oxygens (including phenoxy) is 1. The Labute approximate surface area is 182 Å². The number of halogens is 1. The molecule has 0 spiro atoms. The number of aromatic nitrogens is 1. The Bertz CT molecular complexity index is 1080. The van der Waals surface area contributed by atoms with E-state index in [1.165, 1.54) is 4.90 Å². The van der Waals surface area contributed by atoms with E-state index in [-0.39, 0.29) is 40.0 Å². The molecule has 30 heavy (non-hydrogen) atoms. The number of rotatable bonds is 2. The van der Waals surface area contributed by atoms with E-state index in [2.05, 4.69) is 20.9 Å². The fraction of sp³-hybridized carbons (Fsp3) is 0.348. The minimum absolute atomic E-state index is 0.0396. The molecule has 2 aliphatic heterocycles. The van der Waals surface area contributed by atoms with E-state index in [9.17, 15) is 14.7 Å². The van der Waals surface area contributed by atoms with Crippen molar-refractivity contribution in [3.05, 3.63) is 65.1 Å². The number of aromatic hydroxyl groups is 1. The first-order chi connectivity index (χ1) is 14.4. The van der Waals surface area contributed by atoms with Crippen LogP contribution >= 0.6 is 15.9 Å². The number of phenols is 1. The average molecular weight is 469 g/mol. The van der Waals surface area contributed by atoms with Gasteiger partial charge in [-0.05, 0) is 56.0 Å². The second-order valence-electron chi connectivity index (χ2n) is 8.09. The average Bonchev–Trinajstić information content (AvgIpc) is 3.01. The minimum Gasteiger partial charge on any atom is -0.508 e. The number of hydrogen-bond donors (Lipinski definition) is 1. The summed E-state index contributed by atoms with van der Waals surface area (Å²) >= 11 is 3.64. The third-order valence-electron chi connectivity index (χ3n) is 6.09. The van der Waals surface area contributed by atoms with Crippen LogP contribution in [0.2, 0.25) is 0 Å². The Hall–Kier alpha value is -2.67. The van der Waals surface area contributed by atoms with E-state index >= 15 is 0 Å². The molecule has 0 saturated heterocycles. The molecule has 1 N–H and O–H groups in total. The Morgan fingerprint density at radius 2 is 1.97 bits per heavy atom. The summed E-state index contributed by atoms with van der Waals surface area (Å²) in [6.45, 7) is 1.85. The zero-order valence-electron chi connectivity index (χ0n) is 16.4. The molecule has 0 radical (unpaired) electrons. The fourth-order valence-electron chi connectivity index (χ4n) is 4.72. The Balaban J connectivity index is 1.66. The molecule has 3 aliphatic rings. The normalized spacial score (nSPS) is 28.3. The number of pyridine rings is 1. The van der Waals surface area contributed by atoms with Gasteiger partial charge in [-0.1, -0.05) is 34.1 Å². The molecule has 154 valence electrons. The molecule has 7 heteroatoms. The van der Waals surface area contributed by atoms with Crippen molar-refractivity contribution in [1.82, 2.24) is 4.98 Å². The van der Waals surface area contributed by atoms with Crippen molar-refractivity contribution < 1.29 is 19.4 Å². The number of phenolic OH excluding ortho intramolecular Hbond substituents is 1. The van der Waals surface area contributed by atoms with Crippen molar-refractivity contribution in [3.63, 3.8) is 0 Å². The summed E-state index contributed by atoms with van der Waals surface area (Å²) in [5.41, 5.74) is 1.79.